The fourth-order valence-corrected chi connectivity index (χ4v) is 2.76. The van der Waals surface area contributed by atoms with Crippen molar-refractivity contribution in [3.05, 3.63) is 33.4 Å². The number of Topliss-reactive ketones (excluding diaryl/α,β-unsaturated/α-hetero) is 2. The van der Waals surface area contributed by atoms with Crippen molar-refractivity contribution in [1.29, 1.82) is 0 Å². The topological polar surface area (TPSA) is 34.1 Å². The Labute approximate surface area is 90.0 Å². The molecule has 14 heavy (non-hydrogen) atoms. The van der Waals surface area contributed by atoms with Crippen LogP contribution in [0.15, 0.2) is 22.9 Å². The molecule has 0 atom stereocenters. The van der Waals surface area contributed by atoms with Crippen molar-refractivity contribution in [3.63, 3.8) is 0 Å². The van der Waals surface area contributed by atoms with Gasteiger partial charge in [-0.3, -0.25) is 9.59 Å². The van der Waals surface area contributed by atoms with Crippen LogP contribution >= 0.6 is 23.1 Å². The van der Waals surface area contributed by atoms with Crippen LogP contribution in [0.3, 0.4) is 0 Å². The Morgan fingerprint density at radius 3 is 2.93 bits per heavy atom. The van der Waals surface area contributed by atoms with Crippen LogP contribution in [0, 0.1) is 0 Å². The van der Waals surface area contributed by atoms with Crippen molar-refractivity contribution >= 4 is 34.7 Å². The van der Waals surface area contributed by atoms with Gasteiger partial charge in [-0.1, -0.05) is 6.08 Å². The van der Waals surface area contributed by atoms with E-state index in [-0.39, 0.29) is 11.6 Å². The van der Waals surface area contributed by atoms with E-state index in [1.165, 1.54) is 23.1 Å². The van der Waals surface area contributed by atoms with Gasteiger partial charge in [0.25, 0.3) is 0 Å². The molecular formula is C10H8O2S2. The normalized spacial score (nSPS) is 19.4. The van der Waals surface area contributed by atoms with Crippen LogP contribution in [0.2, 0.25) is 0 Å². The molecule has 4 heteroatoms. The Bertz CT molecular complexity index is 404. The standard InChI is InChI=1S/C10H8O2S2/c11-8-2-1-4-13-6-9(12)7-3-5-14-10(7)8/h1,3-5H,2,6H2/b4-1-. The van der Waals surface area contributed by atoms with Crippen molar-refractivity contribution in [2.45, 2.75) is 6.42 Å². The average Bonchev–Trinajstić information content (AvgIpc) is 2.64. The number of thioether (sulfide) groups is 1. The van der Waals surface area contributed by atoms with E-state index in [1.54, 1.807) is 11.4 Å². The highest BCUT2D eigenvalue weighted by Gasteiger charge is 2.18. The van der Waals surface area contributed by atoms with Crippen LogP contribution in [0.25, 0.3) is 0 Å². The molecule has 0 unspecified atom stereocenters. The predicted molar refractivity (Wildman–Crippen MR) is 59.2 cm³/mol. The second kappa shape index (κ2) is 4.11. The van der Waals surface area contributed by atoms with Crippen LogP contribution < -0.4 is 0 Å². The molecule has 1 aliphatic rings. The first-order valence-electron chi connectivity index (χ1n) is 4.19. The van der Waals surface area contributed by atoms with Gasteiger partial charge in [-0.2, -0.15) is 0 Å². The number of hydrogen-bond acceptors (Lipinski definition) is 4. The maximum Gasteiger partial charge on any atom is 0.177 e. The van der Waals surface area contributed by atoms with E-state index in [4.69, 9.17) is 0 Å². The quantitative estimate of drug-likeness (QED) is 0.679. The molecule has 0 amide bonds. The van der Waals surface area contributed by atoms with E-state index < -0.39 is 0 Å². The summed E-state index contributed by atoms with van der Waals surface area (Å²) in [6, 6.07) is 1.74. The molecule has 0 saturated heterocycles. The van der Waals surface area contributed by atoms with Gasteiger partial charge in [0.05, 0.1) is 10.6 Å². The van der Waals surface area contributed by atoms with E-state index >= 15 is 0 Å². The summed E-state index contributed by atoms with van der Waals surface area (Å²) in [5.74, 6) is 0.515. The lowest BCUT2D eigenvalue weighted by molar-refractivity contribution is 0.0977. The third-order valence-corrected chi connectivity index (χ3v) is 3.70. The molecule has 1 aromatic heterocycles. The van der Waals surface area contributed by atoms with E-state index in [0.717, 1.165) is 0 Å². The van der Waals surface area contributed by atoms with Gasteiger partial charge in [0.2, 0.25) is 0 Å². The van der Waals surface area contributed by atoms with Gasteiger partial charge in [-0.25, -0.2) is 0 Å². The van der Waals surface area contributed by atoms with E-state index in [0.29, 0.717) is 22.6 Å². The summed E-state index contributed by atoms with van der Waals surface area (Å²) in [5, 5.41) is 3.63. The molecule has 0 fully saturated rings. The highest BCUT2D eigenvalue weighted by Crippen LogP contribution is 2.22. The van der Waals surface area contributed by atoms with E-state index in [9.17, 15) is 9.59 Å². The van der Waals surface area contributed by atoms with Crippen molar-refractivity contribution < 1.29 is 9.59 Å². The molecule has 1 aliphatic heterocycles. The first-order chi connectivity index (χ1) is 6.79. The van der Waals surface area contributed by atoms with Crippen LogP contribution in [0.5, 0.6) is 0 Å². The van der Waals surface area contributed by atoms with E-state index in [2.05, 4.69) is 0 Å². The second-order valence-corrected chi connectivity index (χ2v) is 4.71. The first kappa shape index (κ1) is 9.68. The fourth-order valence-electron chi connectivity index (χ4n) is 1.26. The Hall–Kier alpha value is -0.870. The molecular weight excluding hydrogens is 216 g/mol. The molecule has 0 aromatic carbocycles. The van der Waals surface area contributed by atoms with Gasteiger partial charge >= 0.3 is 0 Å². The number of carbonyl (C=O) groups excluding carboxylic acids is 2. The molecule has 2 nitrogen and oxygen atoms in total. The van der Waals surface area contributed by atoms with Gasteiger partial charge in [0.15, 0.2) is 11.6 Å². The van der Waals surface area contributed by atoms with Crippen LogP contribution in [0.4, 0.5) is 0 Å². The molecule has 2 heterocycles. The molecule has 0 aliphatic carbocycles. The Morgan fingerprint density at radius 1 is 1.21 bits per heavy atom. The van der Waals surface area contributed by atoms with Gasteiger partial charge in [0, 0.05) is 12.0 Å². The number of allylic oxidation sites excluding steroid dienone is 1. The van der Waals surface area contributed by atoms with Crippen LogP contribution in [-0.4, -0.2) is 17.3 Å². The van der Waals surface area contributed by atoms with Crippen LogP contribution in [-0.2, 0) is 0 Å². The summed E-state index contributed by atoms with van der Waals surface area (Å²) in [7, 11) is 0. The maximum absolute atomic E-state index is 11.6. The van der Waals surface area contributed by atoms with Gasteiger partial charge in [-0.05, 0) is 16.9 Å². The Balaban J connectivity index is 2.43. The number of ketones is 2. The number of rotatable bonds is 0. The monoisotopic (exact) mass is 224 g/mol. The van der Waals surface area contributed by atoms with Gasteiger partial charge in [-0.15, -0.1) is 23.1 Å². The molecule has 0 bridgehead atoms. The molecule has 2 rings (SSSR count). The lowest BCUT2D eigenvalue weighted by Crippen LogP contribution is -2.05. The van der Waals surface area contributed by atoms with Crippen molar-refractivity contribution in [3.8, 4) is 0 Å². The average molecular weight is 224 g/mol. The summed E-state index contributed by atoms with van der Waals surface area (Å²) < 4.78 is 0. The third kappa shape index (κ3) is 1.81. The lowest BCUT2D eigenvalue weighted by Gasteiger charge is -1.97. The highest BCUT2D eigenvalue weighted by molar-refractivity contribution is 8.02. The van der Waals surface area contributed by atoms with Crippen molar-refractivity contribution in [2.24, 2.45) is 0 Å². The molecule has 1 aromatic rings. The lowest BCUT2D eigenvalue weighted by atomic mass is 10.1. The summed E-state index contributed by atoms with van der Waals surface area (Å²) >= 11 is 2.80. The number of fused-ring (bicyclic) bond motifs is 1. The fraction of sp³-hybridized carbons (Fsp3) is 0.200. The minimum absolute atomic E-state index is 0.0436. The van der Waals surface area contributed by atoms with E-state index in [1.807, 2.05) is 11.5 Å². The summed E-state index contributed by atoms with van der Waals surface area (Å²) in [6.07, 6.45) is 2.21. The maximum atomic E-state index is 11.6. The number of hydrogen-bond donors (Lipinski definition) is 0. The molecule has 0 spiro atoms. The SMILES string of the molecule is O=C1CS/C=C\CC(=O)c2sccc21. The van der Waals surface area contributed by atoms with Crippen molar-refractivity contribution in [1.82, 2.24) is 0 Å². The zero-order chi connectivity index (χ0) is 9.97. The van der Waals surface area contributed by atoms with Gasteiger partial charge in [0.1, 0.15) is 0 Å². The minimum atomic E-state index is 0.0436. The van der Waals surface area contributed by atoms with Crippen LogP contribution in [0.1, 0.15) is 26.5 Å². The Morgan fingerprint density at radius 2 is 2.07 bits per heavy atom. The minimum Gasteiger partial charge on any atom is -0.293 e. The zero-order valence-electron chi connectivity index (χ0n) is 7.36. The first-order valence-corrected chi connectivity index (χ1v) is 6.12. The largest absolute Gasteiger partial charge is 0.293 e. The summed E-state index contributed by atoms with van der Waals surface area (Å²) in [5.41, 5.74) is 0.594. The molecule has 0 saturated carbocycles. The van der Waals surface area contributed by atoms with Crippen molar-refractivity contribution in [2.75, 3.05) is 5.75 Å². The smallest absolute Gasteiger partial charge is 0.177 e. The third-order valence-electron chi connectivity index (χ3n) is 1.93. The molecule has 0 radical (unpaired) electrons. The molecule has 0 N–H and O–H groups in total. The second-order valence-electron chi connectivity index (χ2n) is 2.90. The predicted octanol–water partition coefficient (Wildman–Crippen LogP) is 2.76. The zero-order valence-corrected chi connectivity index (χ0v) is 8.99. The Kier molecular flexibility index (Phi) is 2.84. The van der Waals surface area contributed by atoms with Gasteiger partial charge < -0.3 is 0 Å². The number of thiophene rings is 1. The summed E-state index contributed by atoms with van der Waals surface area (Å²) in [4.78, 5) is 23.8. The molecule has 72 valence electrons. The number of carbonyl (C=O) groups is 2. The highest BCUT2D eigenvalue weighted by atomic mass is 32.2. The summed E-state index contributed by atoms with van der Waals surface area (Å²) in [6.45, 7) is 0.